The molecular formula is C22H29N5O. The summed E-state index contributed by atoms with van der Waals surface area (Å²) in [5.74, 6) is 1.89. The molecule has 0 unspecified atom stereocenters. The van der Waals surface area contributed by atoms with Crippen molar-refractivity contribution in [2.24, 2.45) is 0 Å². The number of nitrogens with zero attached hydrogens (tertiary/aromatic N) is 5. The zero-order valence-corrected chi connectivity index (χ0v) is 16.6. The summed E-state index contributed by atoms with van der Waals surface area (Å²) in [5, 5.41) is 0. The Bertz CT molecular complexity index is 781. The molecule has 3 heterocycles. The lowest BCUT2D eigenvalue weighted by molar-refractivity contribution is 0.122. The Hall–Kier alpha value is -2.44. The van der Waals surface area contributed by atoms with Crippen LogP contribution in [0, 0.1) is 6.92 Å². The Morgan fingerprint density at radius 1 is 0.929 bits per heavy atom. The normalized spacial score (nSPS) is 18.8. The number of hydrogen-bond donors (Lipinski definition) is 0. The topological polar surface area (TPSA) is 44.7 Å². The highest BCUT2D eigenvalue weighted by Crippen LogP contribution is 2.19. The number of ether oxygens (including phenoxy) is 1. The highest BCUT2D eigenvalue weighted by Gasteiger charge is 2.20. The first-order valence-corrected chi connectivity index (χ1v) is 10.2. The third-order valence-corrected chi connectivity index (χ3v) is 5.29. The fourth-order valence-corrected chi connectivity index (χ4v) is 3.66. The van der Waals surface area contributed by atoms with Gasteiger partial charge >= 0.3 is 0 Å². The molecule has 6 heteroatoms. The van der Waals surface area contributed by atoms with Crippen molar-refractivity contribution in [3.05, 3.63) is 53.7 Å². The summed E-state index contributed by atoms with van der Waals surface area (Å²) in [4.78, 5) is 16.6. The summed E-state index contributed by atoms with van der Waals surface area (Å²) >= 11 is 0. The maximum absolute atomic E-state index is 5.45. The van der Waals surface area contributed by atoms with Crippen LogP contribution < -0.4 is 9.80 Å². The van der Waals surface area contributed by atoms with Crippen LogP contribution in [-0.4, -0.2) is 73.9 Å². The standard InChI is InChI=1S/C22H29N5O/c1-19-18-21(24-22(23-19)27-14-16-28-17-15-27)26-12-10-25(11-13-26)9-5-8-20-6-3-2-4-7-20/h2-8,18H,9-17H2,1H3/b8-5+. The predicted molar refractivity (Wildman–Crippen MR) is 114 cm³/mol. The van der Waals surface area contributed by atoms with Gasteiger partial charge in [0, 0.05) is 57.6 Å². The third-order valence-electron chi connectivity index (χ3n) is 5.29. The average Bonchev–Trinajstić information content (AvgIpc) is 2.75. The van der Waals surface area contributed by atoms with Gasteiger partial charge in [0.25, 0.3) is 0 Å². The van der Waals surface area contributed by atoms with Crippen molar-refractivity contribution in [1.29, 1.82) is 0 Å². The van der Waals surface area contributed by atoms with Gasteiger partial charge in [-0.15, -0.1) is 0 Å². The lowest BCUT2D eigenvalue weighted by atomic mass is 10.2. The zero-order valence-electron chi connectivity index (χ0n) is 16.6. The molecule has 0 bridgehead atoms. The first kappa shape index (κ1) is 18.9. The second-order valence-electron chi connectivity index (χ2n) is 7.37. The predicted octanol–water partition coefficient (Wildman–Crippen LogP) is 2.46. The van der Waals surface area contributed by atoms with Gasteiger partial charge in [-0.05, 0) is 12.5 Å². The molecule has 1 aromatic heterocycles. The number of morpholine rings is 1. The van der Waals surface area contributed by atoms with Crippen molar-refractivity contribution in [1.82, 2.24) is 14.9 Å². The van der Waals surface area contributed by atoms with E-state index in [0.717, 1.165) is 76.5 Å². The first-order chi connectivity index (χ1) is 13.8. The molecule has 2 saturated heterocycles. The Morgan fingerprint density at radius 2 is 1.68 bits per heavy atom. The summed E-state index contributed by atoms with van der Waals surface area (Å²) in [6.07, 6.45) is 4.46. The van der Waals surface area contributed by atoms with E-state index < -0.39 is 0 Å². The SMILES string of the molecule is Cc1cc(N2CCN(C/C=C/c3ccccc3)CC2)nc(N2CCOCC2)n1. The van der Waals surface area contributed by atoms with E-state index in [2.05, 4.69) is 75.2 Å². The molecule has 6 nitrogen and oxygen atoms in total. The fraction of sp³-hybridized carbons (Fsp3) is 0.455. The first-order valence-electron chi connectivity index (χ1n) is 10.2. The number of aromatic nitrogens is 2. The largest absolute Gasteiger partial charge is 0.378 e. The van der Waals surface area contributed by atoms with Crippen LogP contribution in [0.25, 0.3) is 6.08 Å². The smallest absolute Gasteiger partial charge is 0.227 e. The van der Waals surface area contributed by atoms with E-state index in [4.69, 9.17) is 9.72 Å². The molecule has 0 spiro atoms. The average molecular weight is 380 g/mol. The Morgan fingerprint density at radius 3 is 2.43 bits per heavy atom. The van der Waals surface area contributed by atoms with Gasteiger partial charge < -0.3 is 14.5 Å². The molecule has 2 fully saturated rings. The van der Waals surface area contributed by atoms with Crippen LogP contribution in [-0.2, 0) is 4.74 Å². The molecule has 0 atom stereocenters. The fourth-order valence-electron chi connectivity index (χ4n) is 3.66. The molecule has 0 N–H and O–H groups in total. The summed E-state index contributed by atoms with van der Waals surface area (Å²) < 4.78 is 5.45. The monoisotopic (exact) mass is 379 g/mol. The second kappa shape index (κ2) is 9.17. The van der Waals surface area contributed by atoms with E-state index in [0.29, 0.717) is 0 Å². The van der Waals surface area contributed by atoms with Crippen molar-refractivity contribution in [2.75, 3.05) is 68.8 Å². The number of anilines is 2. The third kappa shape index (κ3) is 4.88. The van der Waals surface area contributed by atoms with E-state index in [1.54, 1.807) is 0 Å². The minimum atomic E-state index is 0.752. The summed E-state index contributed by atoms with van der Waals surface area (Å²) in [5.41, 5.74) is 2.29. The molecule has 28 heavy (non-hydrogen) atoms. The van der Waals surface area contributed by atoms with Crippen LogP contribution in [0.2, 0.25) is 0 Å². The van der Waals surface area contributed by atoms with Gasteiger partial charge in [0.2, 0.25) is 5.95 Å². The van der Waals surface area contributed by atoms with Gasteiger partial charge in [-0.1, -0.05) is 42.5 Å². The molecule has 2 aliphatic heterocycles. The number of hydrogen-bond acceptors (Lipinski definition) is 6. The van der Waals surface area contributed by atoms with Crippen molar-refractivity contribution >= 4 is 17.8 Å². The van der Waals surface area contributed by atoms with E-state index >= 15 is 0 Å². The molecule has 0 radical (unpaired) electrons. The minimum Gasteiger partial charge on any atom is -0.378 e. The van der Waals surface area contributed by atoms with Gasteiger partial charge in [-0.2, -0.15) is 4.98 Å². The number of rotatable bonds is 5. The molecule has 0 amide bonds. The van der Waals surface area contributed by atoms with Gasteiger partial charge in [0.1, 0.15) is 5.82 Å². The molecular weight excluding hydrogens is 350 g/mol. The quantitative estimate of drug-likeness (QED) is 0.795. The van der Waals surface area contributed by atoms with E-state index in [1.165, 1.54) is 5.56 Å². The number of aryl methyl sites for hydroxylation is 1. The van der Waals surface area contributed by atoms with E-state index in [1.807, 2.05) is 0 Å². The molecule has 1 aromatic carbocycles. The summed E-state index contributed by atoms with van der Waals surface area (Å²) in [6.45, 7) is 10.4. The van der Waals surface area contributed by atoms with Crippen LogP contribution in [0.15, 0.2) is 42.5 Å². The van der Waals surface area contributed by atoms with Crippen LogP contribution >= 0.6 is 0 Å². The van der Waals surface area contributed by atoms with Crippen LogP contribution in [0.3, 0.4) is 0 Å². The zero-order chi connectivity index (χ0) is 19.2. The number of piperazine rings is 1. The van der Waals surface area contributed by atoms with Gasteiger partial charge in [0.15, 0.2) is 0 Å². The Labute approximate surface area is 167 Å². The van der Waals surface area contributed by atoms with Crippen molar-refractivity contribution in [3.63, 3.8) is 0 Å². The maximum Gasteiger partial charge on any atom is 0.227 e. The van der Waals surface area contributed by atoms with Gasteiger partial charge in [0.05, 0.1) is 13.2 Å². The van der Waals surface area contributed by atoms with Gasteiger partial charge in [-0.3, -0.25) is 4.90 Å². The Kier molecular flexibility index (Phi) is 6.19. The van der Waals surface area contributed by atoms with Gasteiger partial charge in [-0.25, -0.2) is 4.98 Å². The molecule has 4 rings (SSSR count). The van der Waals surface area contributed by atoms with E-state index in [-0.39, 0.29) is 0 Å². The highest BCUT2D eigenvalue weighted by atomic mass is 16.5. The summed E-state index contributed by atoms with van der Waals surface area (Å²) in [7, 11) is 0. The molecule has 0 saturated carbocycles. The molecule has 148 valence electrons. The second-order valence-corrected chi connectivity index (χ2v) is 7.37. The van der Waals surface area contributed by atoms with Crippen molar-refractivity contribution in [2.45, 2.75) is 6.92 Å². The lowest BCUT2D eigenvalue weighted by Crippen LogP contribution is -2.47. The minimum absolute atomic E-state index is 0.752. The van der Waals surface area contributed by atoms with Crippen LogP contribution in [0.5, 0.6) is 0 Å². The van der Waals surface area contributed by atoms with Crippen molar-refractivity contribution < 1.29 is 4.74 Å². The lowest BCUT2D eigenvalue weighted by Gasteiger charge is -2.35. The van der Waals surface area contributed by atoms with E-state index in [9.17, 15) is 0 Å². The maximum atomic E-state index is 5.45. The molecule has 0 aliphatic carbocycles. The highest BCUT2D eigenvalue weighted by molar-refractivity contribution is 5.49. The summed E-state index contributed by atoms with van der Waals surface area (Å²) in [6, 6.07) is 12.6. The van der Waals surface area contributed by atoms with Crippen molar-refractivity contribution in [3.8, 4) is 0 Å². The molecule has 2 aliphatic rings. The van der Waals surface area contributed by atoms with Crippen LogP contribution in [0.4, 0.5) is 11.8 Å². The van der Waals surface area contributed by atoms with Crippen LogP contribution in [0.1, 0.15) is 11.3 Å². The molecule has 2 aromatic rings. The number of benzene rings is 1. The Balaban J connectivity index is 1.33.